The number of carbonyl (C=O) groups excluding carboxylic acids is 3. The Morgan fingerprint density at radius 1 is 1.00 bits per heavy atom. The summed E-state index contributed by atoms with van der Waals surface area (Å²) in [6.07, 6.45) is 7.42. The molecule has 1 saturated heterocycles. The number of nitrogens with two attached hydrogens (primary N) is 1. The van der Waals surface area contributed by atoms with Gasteiger partial charge in [0.15, 0.2) is 0 Å². The van der Waals surface area contributed by atoms with E-state index in [0.29, 0.717) is 13.1 Å². The quantitative estimate of drug-likeness (QED) is 0.379. The molecule has 3 atom stereocenters. The first-order chi connectivity index (χ1) is 21.0. The van der Waals surface area contributed by atoms with Gasteiger partial charge in [0.1, 0.15) is 6.04 Å². The molecule has 0 bridgehead atoms. The summed E-state index contributed by atoms with van der Waals surface area (Å²) >= 11 is 0. The number of H-pyrrole nitrogens is 1. The number of amides is 3. The maximum Gasteiger partial charge on any atom is 0.245 e. The number of para-hydroxylation sites is 1. The molecule has 2 heterocycles. The highest BCUT2D eigenvalue weighted by molar-refractivity contribution is 5.91. The number of aromatic amines is 1. The van der Waals surface area contributed by atoms with Crippen molar-refractivity contribution in [2.24, 2.45) is 11.7 Å². The van der Waals surface area contributed by atoms with Crippen molar-refractivity contribution in [1.29, 1.82) is 0 Å². The van der Waals surface area contributed by atoms with Crippen molar-refractivity contribution in [3.63, 3.8) is 0 Å². The van der Waals surface area contributed by atoms with Gasteiger partial charge in [-0.1, -0.05) is 49.4 Å². The molecule has 3 amide bonds. The Labute approximate surface area is 260 Å². The van der Waals surface area contributed by atoms with E-state index in [-0.39, 0.29) is 46.4 Å². The van der Waals surface area contributed by atoms with E-state index in [2.05, 4.69) is 41.5 Å². The highest BCUT2D eigenvalue weighted by Gasteiger charge is 2.49. The number of hydrogen-bond donors (Lipinski definition) is 3. The van der Waals surface area contributed by atoms with E-state index in [1.165, 1.54) is 5.56 Å². The van der Waals surface area contributed by atoms with Crippen LogP contribution >= 0.6 is 0 Å². The normalized spacial score (nSPS) is 25.8. The molecule has 6 rings (SSSR count). The lowest BCUT2D eigenvalue weighted by molar-refractivity contribution is -0.139. The summed E-state index contributed by atoms with van der Waals surface area (Å²) in [6.45, 7) is 5.29. The van der Waals surface area contributed by atoms with Gasteiger partial charge in [-0.25, -0.2) is 0 Å². The lowest BCUT2D eigenvalue weighted by atomic mass is 9.73. The van der Waals surface area contributed by atoms with E-state index >= 15 is 0 Å². The number of likely N-dealkylation sites (tertiary alicyclic amines) is 1. The maximum atomic E-state index is 14.4. The molecule has 2 aliphatic carbocycles. The van der Waals surface area contributed by atoms with Gasteiger partial charge in [-0.3, -0.25) is 14.4 Å². The van der Waals surface area contributed by atoms with Crippen molar-refractivity contribution in [3.05, 3.63) is 71.4 Å². The fraction of sp³-hybridized carbons (Fsp3) is 0.528. The molecule has 234 valence electrons. The zero-order valence-corrected chi connectivity index (χ0v) is 26.6. The van der Waals surface area contributed by atoms with Crippen LogP contribution in [0, 0.1) is 5.92 Å². The van der Waals surface area contributed by atoms with E-state index in [1.54, 1.807) is 4.90 Å². The fourth-order valence-corrected chi connectivity index (χ4v) is 8.11. The number of carbonyl (C=O) groups is 3. The monoisotopic (exact) mass is 597 g/mol. The third-order valence-electron chi connectivity index (χ3n) is 10.9. The lowest BCUT2D eigenvalue weighted by Crippen LogP contribution is -2.55. The van der Waals surface area contributed by atoms with Gasteiger partial charge in [-0.05, 0) is 74.6 Å². The Hall–Kier alpha value is -3.65. The summed E-state index contributed by atoms with van der Waals surface area (Å²) in [4.78, 5) is 48.2. The van der Waals surface area contributed by atoms with E-state index < -0.39 is 6.04 Å². The summed E-state index contributed by atoms with van der Waals surface area (Å²) < 4.78 is 0. The van der Waals surface area contributed by atoms with Crippen LogP contribution in [-0.4, -0.2) is 71.3 Å². The van der Waals surface area contributed by atoms with Crippen molar-refractivity contribution in [2.45, 2.75) is 87.6 Å². The molecular formula is C36H47N5O3. The van der Waals surface area contributed by atoms with Crippen LogP contribution in [0.1, 0.15) is 87.3 Å². The van der Waals surface area contributed by atoms with Gasteiger partial charge in [0.25, 0.3) is 0 Å². The summed E-state index contributed by atoms with van der Waals surface area (Å²) in [6, 6.07) is 15.8. The molecule has 0 radical (unpaired) electrons. The molecule has 4 N–H and O–H groups in total. The summed E-state index contributed by atoms with van der Waals surface area (Å²) in [5.74, 6) is -0.449. The Bertz CT molecular complexity index is 1540. The van der Waals surface area contributed by atoms with Gasteiger partial charge in [0.2, 0.25) is 17.7 Å². The Morgan fingerprint density at radius 2 is 1.66 bits per heavy atom. The van der Waals surface area contributed by atoms with Crippen molar-refractivity contribution >= 4 is 28.6 Å². The van der Waals surface area contributed by atoms with Crippen LogP contribution in [0.5, 0.6) is 0 Å². The minimum absolute atomic E-state index is 0.0300. The topological polar surface area (TPSA) is 112 Å². The average molecular weight is 598 g/mol. The molecule has 1 spiro atoms. The highest BCUT2D eigenvalue weighted by Crippen LogP contribution is 2.52. The van der Waals surface area contributed by atoms with Crippen molar-refractivity contribution in [1.82, 2.24) is 20.1 Å². The molecule has 3 aromatic rings. The van der Waals surface area contributed by atoms with Crippen molar-refractivity contribution in [3.8, 4) is 0 Å². The SMILES string of the molecule is CC(c1c[nH]c2ccccc12)[C@@H](NC(=O)C1CCC(C)(N)CC1)C(=O)N1CCC2(CC1)C[C@@H](C(=O)N(C)C)c1ccccc12. The first-order valence-electron chi connectivity index (χ1n) is 16.2. The van der Waals surface area contributed by atoms with Gasteiger partial charge in [0, 0.05) is 67.1 Å². The summed E-state index contributed by atoms with van der Waals surface area (Å²) in [5, 5.41) is 4.31. The Kier molecular flexibility index (Phi) is 8.07. The van der Waals surface area contributed by atoms with Crippen LogP contribution in [-0.2, 0) is 19.8 Å². The van der Waals surface area contributed by atoms with E-state index in [0.717, 1.165) is 67.0 Å². The van der Waals surface area contributed by atoms with Gasteiger partial charge in [-0.2, -0.15) is 0 Å². The second-order valence-electron chi connectivity index (χ2n) is 14.2. The van der Waals surface area contributed by atoms with Crippen molar-refractivity contribution < 1.29 is 14.4 Å². The molecule has 1 aliphatic heterocycles. The Morgan fingerprint density at radius 3 is 2.36 bits per heavy atom. The van der Waals surface area contributed by atoms with E-state index in [4.69, 9.17) is 5.73 Å². The number of fused-ring (bicyclic) bond motifs is 3. The zero-order chi connectivity index (χ0) is 31.2. The average Bonchev–Trinajstić information content (AvgIpc) is 3.59. The fourth-order valence-electron chi connectivity index (χ4n) is 8.11. The van der Waals surface area contributed by atoms with Crippen LogP contribution in [0.15, 0.2) is 54.7 Å². The number of rotatable bonds is 6. The van der Waals surface area contributed by atoms with Gasteiger partial charge in [-0.15, -0.1) is 0 Å². The van der Waals surface area contributed by atoms with E-state index in [1.807, 2.05) is 56.4 Å². The minimum atomic E-state index is -0.680. The first-order valence-corrected chi connectivity index (χ1v) is 16.2. The molecular weight excluding hydrogens is 550 g/mol. The zero-order valence-electron chi connectivity index (χ0n) is 26.6. The van der Waals surface area contributed by atoms with Gasteiger partial charge < -0.3 is 25.8 Å². The molecule has 44 heavy (non-hydrogen) atoms. The van der Waals surface area contributed by atoms with Gasteiger partial charge >= 0.3 is 0 Å². The van der Waals surface area contributed by atoms with Crippen molar-refractivity contribution in [2.75, 3.05) is 27.2 Å². The predicted molar refractivity (Wildman–Crippen MR) is 173 cm³/mol. The molecule has 1 unspecified atom stereocenters. The maximum absolute atomic E-state index is 14.4. The lowest BCUT2D eigenvalue weighted by Gasteiger charge is -2.42. The second kappa shape index (κ2) is 11.7. The Balaban J connectivity index is 1.23. The number of piperidine rings is 1. The summed E-state index contributed by atoms with van der Waals surface area (Å²) in [7, 11) is 3.64. The number of benzene rings is 2. The third-order valence-corrected chi connectivity index (χ3v) is 10.9. The largest absolute Gasteiger partial charge is 0.361 e. The third kappa shape index (κ3) is 5.53. The summed E-state index contributed by atoms with van der Waals surface area (Å²) in [5.41, 5.74) is 10.4. The molecule has 8 heteroatoms. The first kappa shape index (κ1) is 30.4. The second-order valence-corrected chi connectivity index (χ2v) is 14.2. The number of hydrogen-bond acceptors (Lipinski definition) is 4. The minimum Gasteiger partial charge on any atom is -0.361 e. The molecule has 2 fully saturated rings. The molecule has 1 aromatic heterocycles. The molecule has 2 aromatic carbocycles. The molecule has 3 aliphatic rings. The van der Waals surface area contributed by atoms with Crippen LogP contribution in [0.4, 0.5) is 0 Å². The number of aromatic nitrogens is 1. The highest BCUT2D eigenvalue weighted by atomic mass is 16.2. The number of nitrogens with one attached hydrogen (secondary N) is 2. The predicted octanol–water partition coefficient (Wildman–Crippen LogP) is 4.80. The molecule has 1 saturated carbocycles. The number of nitrogens with zero attached hydrogens (tertiary/aromatic N) is 2. The molecule has 8 nitrogen and oxygen atoms in total. The smallest absolute Gasteiger partial charge is 0.245 e. The number of likely N-dealkylation sites (N-methyl/N-ethyl adjacent to an activating group) is 1. The van der Waals surface area contributed by atoms with Crippen LogP contribution in [0.3, 0.4) is 0 Å². The van der Waals surface area contributed by atoms with Crippen LogP contribution in [0.2, 0.25) is 0 Å². The van der Waals surface area contributed by atoms with Crippen LogP contribution in [0.25, 0.3) is 10.9 Å². The standard InChI is InChI=1S/C36H47N5O3/c1-23(28-22-38-30-12-8-6-10-26(28)30)31(39-32(42)24-13-15-35(2,37)16-14-24)34(44)41-19-17-36(18-20-41)21-27(33(43)40(3)4)25-9-5-7-11-29(25)36/h5-12,22-24,27,31,38H,13-21,37H2,1-4H3,(H,39,42)/t23?,24?,27-,31-,35?/m1/s1. The van der Waals surface area contributed by atoms with Gasteiger partial charge in [0.05, 0.1) is 5.92 Å². The van der Waals surface area contributed by atoms with Crippen LogP contribution < -0.4 is 11.1 Å². The van der Waals surface area contributed by atoms with E-state index in [9.17, 15) is 14.4 Å².